The minimum absolute atomic E-state index is 0.824. The Morgan fingerprint density at radius 1 is 1.06 bits per heavy atom. The van der Waals surface area contributed by atoms with E-state index in [4.69, 9.17) is 0 Å². The fourth-order valence-corrected chi connectivity index (χ4v) is 3.88. The molecule has 0 aromatic carbocycles. The van der Waals surface area contributed by atoms with E-state index in [1.54, 1.807) is 0 Å². The molecule has 2 fully saturated rings. The second kappa shape index (κ2) is 6.19. The molecule has 0 spiro atoms. The van der Waals surface area contributed by atoms with Gasteiger partial charge in [0.1, 0.15) is 0 Å². The molecule has 0 radical (unpaired) electrons. The Morgan fingerprint density at radius 2 is 1.59 bits per heavy atom. The van der Waals surface area contributed by atoms with E-state index in [9.17, 15) is 0 Å². The Labute approximate surface area is 107 Å². The summed E-state index contributed by atoms with van der Waals surface area (Å²) in [5.74, 6) is 0. The van der Waals surface area contributed by atoms with E-state index < -0.39 is 0 Å². The summed E-state index contributed by atoms with van der Waals surface area (Å²) >= 11 is 0. The molecule has 2 atom stereocenters. The van der Waals surface area contributed by atoms with Crippen LogP contribution in [0.5, 0.6) is 0 Å². The van der Waals surface area contributed by atoms with Crippen LogP contribution in [-0.4, -0.2) is 36.1 Å². The molecule has 2 unspecified atom stereocenters. The first kappa shape index (κ1) is 13.4. The highest BCUT2D eigenvalue weighted by Gasteiger charge is 2.36. The first-order valence-corrected chi connectivity index (χ1v) is 7.72. The van der Waals surface area contributed by atoms with Crippen LogP contribution in [0.2, 0.25) is 0 Å². The second-order valence-corrected chi connectivity index (χ2v) is 6.16. The zero-order valence-electron chi connectivity index (χ0n) is 11.9. The Balaban J connectivity index is 1.90. The minimum atomic E-state index is 0.824. The van der Waals surface area contributed by atoms with Gasteiger partial charge in [0, 0.05) is 24.2 Å². The normalized spacial score (nSPS) is 32.6. The molecule has 0 aliphatic carbocycles. The molecule has 2 aliphatic heterocycles. The quantitative estimate of drug-likeness (QED) is 0.764. The lowest BCUT2D eigenvalue weighted by molar-refractivity contribution is 0.112. The second-order valence-electron chi connectivity index (χ2n) is 6.16. The fourth-order valence-electron chi connectivity index (χ4n) is 3.88. The van der Waals surface area contributed by atoms with Gasteiger partial charge in [-0.05, 0) is 45.6 Å². The van der Waals surface area contributed by atoms with Crippen LogP contribution < -0.4 is 5.32 Å². The number of fused-ring (bicyclic) bond motifs is 2. The summed E-state index contributed by atoms with van der Waals surface area (Å²) in [6.45, 7) is 4.64. The van der Waals surface area contributed by atoms with Crippen molar-refractivity contribution in [3.8, 4) is 0 Å². The molecular formula is C15H30N2. The van der Waals surface area contributed by atoms with E-state index in [0.717, 1.165) is 24.2 Å². The van der Waals surface area contributed by atoms with Gasteiger partial charge >= 0.3 is 0 Å². The van der Waals surface area contributed by atoms with Crippen molar-refractivity contribution in [2.24, 2.45) is 0 Å². The summed E-state index contributed by atoms with van der Waals surface area (Å²) in [5.41, 5.74) is 0. The van der Waals surface area contributed by atoms with Crippen molar-refractivity contribution in [3.63, 3.8) is 0 Å². The van der Waals surface area contributed by atoms with Crippen LogP contribution in [-0.2, 0) is 0 Å². The van der Waals surface area contributed by atoms with Gasteiger partial charge in [-0.1, -0.05) is 26.7 Å². The van der Waals surface area contributed by atoms with Crippen molar-refractivity contribution in [3.05, 3.63) is 0 Å². The molecule has 2 saturated heterocycles. The third-order valence-electron chi connectivity index (χ3n) is 4.84. The maximum atomic E-state index is 3.75. The molecule has 2 heterocycles. The number of nitrogens with one attached hydrogen (secondary N) is 1. The summed E-state index contributed by atoms with van der Waals surface area (Å²) in [6, 6.07) is 3.32. The lowest BCUT2D eigenvalue weighted by atomic mass is 9.95. The number of hydrogen-bond acceptors (Lipinski definition) is 2. The van der Waals surface area contributed by atoms with Crippen LogP contribution in [0.3, 0.4) is 0 Å². The highest BCUT2D eigenvalue weighted by atomic mass is 15.2. The average molecular weight is 238 g/mol. The van der Waals surface area contributed by atoms with Gasteiger partial charge in [-0.2, -0.15) is 0 Å². The van der Waals surface area contributed by atoms with Crippen LogP contribution >= 0.6 is 0 Å². The zero-order chi connectivity index (χ0) is 12.3. The fraction of sp³-hybridized carbons (Fsp3) is 1.00. The molecule has 2 heteroatoms. The van der Waals surface area contributed by atoms with E-state index in [1.165, 1.54) is 51.4 Å². The number of rotatable bonds is 6. The summed E-state index contributed by atoms with van der Waals surface area (Å²) in [7, 11) is 2.38. The standard InChI is InChI=1S/C15H30N2/c1-4-6-14(7-5-2)17(3)15-10-12-8-9-13(11-15)16-12/h12-16H,4-11H2,1-3H3. The predicted octanol–water partition coefficient (Wildman–Crippen LogP) is 3.17. The van der Waals surface area contributed by atoms with E-state index in [2.05, 4.69) is 31.1 Å². The average Bonchev–Trinajstić information content (AvgIpc) is 2.67. The van der Waals surface area contributed by atoms with E-state index in [0.29, 0.717) is 0 Å². The molecule has 17 heavy (non-hydrogen) atoms. The number of piperidine rings is 1. The zero-order valence-corrected chi connectivity index (χ0v) is 11.9. The molecule has 0 aromatic rings. The predicted molar refractivity (Wildman–Crippen MR) is 74.3 cm³/mol. The Bertz CT molecular complexity index is 211. The van der Waals surface area contributed by atoms with Crippen molar-refractivity contribution in [2.75, 3.05) is 7.05 Å². The van der Waals surface area contributed by atoms with E-state index in [1.807, 2.05) is 0 Å². The maximum Gasteiger partial charge on any atom is 0.0125 e. The Kier molecular flexibility index (Phi) is 4.87. The van der Waals surface area contributed by atoms with Crippen molar-refractivity contribution >= 4 is 0 Å². The van der Waals surface area contributed by atoms with Gasteiger partial charge < -0.3 is 10.2 Å². The molecule has 2 rings (SSSR count). The van der Waals surface area contributed by atoms with E-state index >= 15 is 0 Å². The number of nitrogens with zero attached hydrogens (tertiary/aromatic N) is 1. The van der Waals surface area contributed by atoms with Crippen LogP contribution in [0.4, 0.5) is 0 Å². The molecule has 100 valence electrons. The highest BCUT2D eigenvalue weighted by molar-refractivity contribution is 4.96. The number of hydrogen-bond donors (Lipinski definition) is 1. The minimum Gasteiger partial charge on any atom is -0.311 e. The largest absolute Gasteiger partial charge is 0.311 e. The van der Waals surface area contributed by atoms with Crippen LogP contribution in [0.1, 0.15) is 65.2 Å². The molecule has 2 aliphatic rings. The molecule has 0 amide bonds. The Morgan fingerprint density at radius 3 is 2.06 bits per heavy atom. The Hall–Kier alpha value is -0.0800. The van der Waals surface area contributed by atoms with Crippen LogP contribution in [0, 0.1) is 0 Å². The van der Waals surface area contributed by atoms with Gasteiger partial charge in [-0.25, -0.2) is 0 Å². The molecule has 2 bridgehead atoms. The van der Waals surface area contributed by atoms with Gasteiger partial charge in [0.25, 0.3) is 0 Å². The third kappa shape index (κ3) is 3.23. The highest BCUT2D eigenvalue weighted by Crippen LogP contribution is 2.31. The van der Waals surface area contributed by atoms with Crippen molar-refractivity contribution in [2.45, 2.75) is 89.4 Å². The van der Waals surface area contributed by atoms with Gasteiger partial charge in [0.2, 0.25) is 0 Å². The van der Waals surface area contributed by atoms with Gasteiger partial charge in [0.05, 0.1) is 0 Å². The van der Waals surface area contributed by atoms with Crippen molar-refractivity contribution in [1.82, 2.24) is 10.2 Å². The van der Waals surface area contributed by atoms with Crippen molar-refractivity contribution < 1.29 is 0 Å². The van der Waals surface area contributed by atoms with Crippen LogP contribution in [0.15, 0.2) is 0 Å². The lowest BCUT2D eigenvalue weighted by Gasteiger charge is -2.40. The molecular weight excluding hydrogens is 208 g/mol. The van der Waals surface area contributed by atoms with E-state index in [-0.39, 0.29) is 0 Å². The monoisotopic (exact) mass is 238 g/mol. The van der Waals surface area contributed by atoms with Gasteiger partial charge in [-0.3, -0.25) is 0 Å². The third-order valence-corrected chi connectivity index (χ3v) is 4.84. The first-order chi connectivity index (χ1) is 8.24. The molecule has 0 saturated carbocycles. The van der Waals surface area contributed by atoms with Gasteiger partial charge in [-0.15, -0.1) is 0 Å². The molecule has 1 N–H and O–H groups in total. The summed E-state index contributed by atoms with van der Waals surface area (Å²) in [5, 5.41) is 3.75. The summed E-state index contributed by atoms with van der Waals surface area (Å²) < 4.78 is 0. The SMILES string of the molecule is CCCC(CCC)N(C)C1CC2CCC(C1)N2. The molecule has 2 nitrogen and oxygen atoms in total. The lowest BCUT2D eigenvalue weighted by Crippen LogP contribution is -2.50. The topological polar surface area (TPSA) is 15.3 Å². The summed E-state index contributed by atoms with van der Waals surface area (Å²) in [4.78, 5) is 2.72. The smallest absolute Gasteiger partial charge is 0.0125 e. The summed E-state index contributed by atoms with van der Waals surface area (Å²) in [6.07, 6.45) is 11.0. The van der Waals surface area contributed by atoms with Crippen molar-refractivity contribution in [1.29, 1.82) is 0 Å². The maximum absolute atomic E-state index is 3.75. The van der Waals surface area contributed by atoms with Gasteiger partial charge in [0.15, 0.2) is 0 Å². The van der Waals surface area contributed by atoms with Crippen LogP contribution in [0.25, 0.3) is 0 Å². The first-order valence-electron chi connectivity index (χ1n) is 7.72. The molecule has 0 aromatic heterocycles.